The van der Waals surface area contributed by atoms with Crippen LogP contribution in [0.4, 0.5) is 4.39 Å². The van der Waals surface area contributed by atoms with Gasteiger partial charge in [0.05, 0.1) is 18.0 Å². The fraction of sp³-hybridized carbons (Fsp3) is 0.917. The molecule has 4 saturated carbocycles. The molecule has 5 nitrogen and oxygen atoms in total. The minimum absolute atomic E-state index is 0.0322. The molecule has 0 aromatic rings. The van der Waals surface area contributed by atoms with Crippen LogP contribution in [0.25, 0.3) is 10.4 Å². The van der Waals surface area contributed by atoms with Crippen molar-refractivity contribution in [2.75, 3.05) is 0 Å². The molecule has 0 amide bonds. The number of hydrogen-bond donors (Lipinski definition) is 0. The van der Waals surface area contributed by atoms with Crippen LogP contribution in [0.1, 0.15) is 79.6 Å². The maximum absolute atomic E-state index is 14.5. The first-order valence-corrected chi connectivity index (χ1v) is 11.9. The van der Waals surface area contributed by atoms with Crippen molar-refractivity contribution >= 4 is 0 Å². The number of rotatable bonds is 1. The first-order chi connectivity index (χ1) is 14.1. The summed E-state index contributed by atoms with van der Waals surface area (Å²) in [5.41, 5.74) is 10.2. The summed E-state index contributed by atoms with van der Waals surface area (Å²) in [7, 11) is 0. The highest BCUT2D eigenvalue weighted by molar-refractivity contribution is 5.27. The smallest absolute Gasteiger partial charge is 0.163 e. The van der Waals surface area contributed by atoms with Crippen molar-refractivity contribution in [1.29, 1.82) is 0 Å². The van der Waals surface area contributed by atoms with Crippen molar-refractivity contribution in [1.82, 2.24) is 0 Å². The van der Waals surface area contributed by atoms with E-state index in [4.69, 9.17) is 15.0 Å². The van der Waals surface area contributed by atoms with Crippen LogP contribution in [0, 0.1) is 34.5 Å². The number of nitrogens with zero attached hydrogens (tertiary/aromatic N) is 3. The molecule has 5 fully saturated rings. The van der Waals surface area contributed by atoms with Crippen LogP contribution >= 0.6 is 0 Å². The minimum Gasteiger partial charge on any atom is -0.344 e. The van der Waals surface area contributed by atoms with Gasteiger partial charge >= 0.3 is 0 Å². The molecule has 9 atom stereocenters. The lowest BCUT2D eigenvalue weighted by atomic mass is 9.43. The molecule has 0 aromatic heterocycles. The van der Waals surface area contributed by atoms with Crippen molar-refractivity contribution in [3.8, 4) is 0 Å². The van der Waals surface area contributed by atoms with Crippen LogP contribution in [0.3, 0.4) is 0 Å². The van der Waals surface area contributed by atoms with Gasteiger partial charge < -0.3 is 9.47 Å². The van der Waals surface area contributed by atoms with Crippen molar-refractivity contribution in [3.63, 3.8) is 0 Å². The Balaban J connectivity index is 1.57. The topological polar surface area (TPSA) is 67.2 Å². The molecule has 6 heteroatoms. The molecule has 1 saturated heterocycles. The zero-order valence-electron chi connectivity index (χ0n) is 19.0. The minimum atomic E-state index is -0.600. The number of halogens is 1. The lowest BCUT2D eigenvalue weighted by Gasteiger charge is -2.63. The zero-order valence-corrected chi connectivity index (χ0v) is 19.0. The summed E-state index contributed by atoms with van der Waals surface area (Å²) in [6.07, 6.45) is 7.14. The predicted molar refractivity (Wildman–Crippen MR) is 113 cm³/mol. The van der Waals surface area contributed by atoms with Crippen LogP contribution in [0.2, 0.25) is 0 Å². The van der Waals surface area contributed by atoms with Gasteiger partial charge in [-0.15, -0.1) is 0 Å². The van der Waals surface area contributed by atoms with Gasteiger partial charge in [-0.25, -0.2) is 4.39 Å². The third kappa shape index (κ3) is 2.76. The molecule has 4 unspecified atom stereocenters. The van der Waals surface area contributed by atoms with Gasteiger partial charge in [-0.2, -0.15) is 0 Å². The summed E-state index contributed by atoms with van der Waals surface area (Å²) in [5, 5.41) is 4.09. The monoisotopic (exact) mass is 417 g/mol. The van der Waals surface area contributed by atoms with Crippen LogP contribution < -0.4 is 0 Å². The van der Waals surface area contributed by atoms with Gasteiger partial charge in [0.25, 0.3) is 0 Å². The molecule has 0 N–H and O–H groups in total. The standard InChI is InChI=1S/C24H36FN3O2/c1-13(25)15-6-7-16-19-17(9-11-23(15,16)4)24(5)10-8-14(27-28-26)12-18(24)20-21(19)30-22(2,3)29-20/h14,16-21H,6-12H2,1-5H3/b15-13+/t14-,16?,17?,18?,19?,20-,21-,23-,24-/m1/s1. The molecule has 5 aliphatic rings. The fourth-order valence-electron chi connectivity index (χ4n) is 8.72. The van der Waals surface area contributed by atoms with E-state index in [2.05, 4.69) is 23.9 Å². The van der Waals surface area contributed by atoms with E-state index in [-0.39, 0.29) is 34.9 Å². The van der Waals surface area contributed by atoms with Gasteiger partial charge in [0.2, 0.25) is 0 Å². The quantitative estimate of drug-likeness (QED) is 0.271. The first kappa shape index (κ1) is 20.8. The van der Waals surface area contributed by atoms with Gasteiger partial charge in [0.1, 0.15) is 0 Å². The maximum Gasteiger partial charge on any atom is 0.163 e. The van der Waals surface area contributed by atoms with Crippen LogP contribution in [0.15, 0.2) is 16.5 Å². The molecule has 30 heavy (non-hydrogen) atoms. The van der Waals surface area contributed by atoms with Crippen LogP contribution in [-0.4, -0.2) is 24.0 Å². The van der Waals surface area contributed by atoms with Crippen molar-refractivity contribution in [2.45, 2.75) is 104 Å². The van der Waals surface area contributed by atoms with Crippen LogP contribution in [-0.2, 0) is 9.47 Å². The van der Waals surface area contributed by atoms with E-state index in [0.29, 0.717) is 23.7 Å². The third-order valence-electron chi connectivity index (χ3n) is 9.92. The van der Waals surface area contributed by atoms with E-state index in [1.54, 1.807) is 6.92 Å². The lowest BCUT2D eigenvalue weighted by molar-refractivity contribution is -0.173. The Hall–Kier alpha value is -1.10. The highest BCUT2D eigenvalue weighted by atomic mass is 19.1. The fourth-order valence-corrected chi connectivity index (χ4v) is 8.72. The van der Waals surface area contributed by atoms with Gasteiger partial charge in [0.15, 0.2) is 5.79 Å². The van der Waals surface area contributed by atoms with E-state index < -0.39 is 5.79 Å². The molecule has 0 radical (unpaired) electrons. The van der Waals surface area contributed by atoms with Crippen molar-refractivity contribution < 1.29 is 13.9 Å². The third-order valence-corrected chi connectivity index (χ3v) is 9.92. The maximum atomic E-state index is 14.5. The summed E-state index contributed by atoms with van der Waals surface area (Å²) in [6, 6.07) is 0.0571. The summed E-state index contributed by atoms with van der Waals surface area (Å²) >= 11 is 0. The summed E-state index contributed by atoms with van der Waals surface area (Å²) in [4.78, 5) is 3.11. The Bertz CT molecular complexity index is 817. The Morgan fingerprint density at radius 2 is 1.77 bits per heavy atom. The summed E-state index contributed by atoms with van der Waals surface area (Å²) < 4.78 is 27.7. The second-order valence-electron chi connectivity index (χ2n) is 11.6. The first-order valence-electron chi connectivity index (χ1n) is 11.9. The molecule has 5 rings (SSSR count). The summed E-state index contributed by atoms with van der Waals surface area (Å²) in [6.45, 7) is 10.5. The Labute approximate surface area is 179 Å². The number of allylic oxidation sites excluding steroid dienone is 2. The molecule has 0 bridgehead atoms. The Morgan fingerprint density at radius 3 is 2.47 bits per heavy atom. The van der Waals surface area contributed by atoms with Crippen molar-refractivity contribution in [3.05, 3.63) is 21.8 Å². The van der Waals surface area contributed by atoms with Gasteiger partial charge in [-0.05, 0) is 111 Å². The van der Waals surface area contributed by atoms with Gasteiger partial charge in [-0.1, -0.05) is 19.0 Å². The second kappa shape index (κ2) is 6.70. The number of hydrogen-bond acceptors (Lipinski definition) is 3. The largest absolute Gasteiger partial charge is 0.344 e. The van der Waals surface area contributed by atoms with Crippen LogP contribution in [0.5, 0.6) is 0 Å². The number of azide groups is 1. The van der Waals surface area contributed by atoms with E-state index >= 15 is 0 Å². The molecule has 4 aliphatic carbocycles. The van der Waals surface area contributed by atoms with E-state index in [1.165, 1.54) is 0 Å². The molecule has 0 aromatic carbocycles. The average Bonchev–Trinajstić information content (AvgIpc) is 3.18. The molecule has 1 aliphatic heterocycles. The van der Waals surface area contributed by atoms with Crippen molar-refractivity contribution in [2.24, 2.45) is 39.6 Å². The van der Waals surface area contributed by atoms with Gasteiger partial charge in [0, 0.05) is 11.0 Å². The molecule has 0 spiro atoms. The van der Waals surface area contributed by atoms with E-state index in [1.807, 2.05) is 13.8 Å². The molecule has 1 heterocycles. The number of ether oxygens (including phenoxy) is 2. The highest BCUT2D eigenvalue weighted by Crippen LogP contribution is 2.69. The SMILES string of the molecule is C/C(F)=C1/CCC2C3C(CC[C@]12C)[C@@]1(C)CC[C@@H](N=[N+]=[N-])CC1[C@H]1OC(C)(C)O[C@H]31. The van der Waals surface area contributed by atoms with E-state index in [0.717, 1.165) is 50.5 Å². The Kier molecular flexibility index (Phi) is 4.64. The summed E-state index contributed by atoms with van der Waals surface area (Å²) in [5.74, 6) is 1.20. The average molecular weight is 418 g/mol. The second-order valence-corrected chi connectivity index (χ2v) is 11.6. The predicted octanol–water partition coefficient (Wildman–Crippen LogP) is 6.69. The normalized spacial score (nSPS) is 53.1. The van der Waals surface area contributed by atoms with E-state index in [9.17, 15) is 4.39 Å². The molecule has 166 valence electrons. The molecular formula is C24H36FN3O2. The lowest BCUT2D eigenvalue weighted by Crippen LogP contribution is -2.63. The molecular weight excluding hydrogens is 381 g/mol. The highest BCUT2D eigenvalue weighted by Gasteiger charge is 2.68. The zero-order chi connectivity index (χ0) is 21.5. The Morgan fingerprint density at radius 1 is 1.03 bits per heavy atom. The van der Waals surface area contributed by atoms with Gasteiger partial charge in [-0.3, -0.25) is 0 Å². The number of fused-ring (bicyclic) bond motifs is 8.